The molecule has 0 bridgehead atoms. The fourth-order valence-electron chi connectivity index (χ4n) is 2.50. The minimum Gasteiger partial charge on any atom is -0.396 e. The van der Waals surface area contributed by atoms with Crippen molar-refractivity contribution in [1.29, 1.82) is 0 Å². The van der Waals surface area contributed by atoms with Crippen LogP contribution in [0.4, 0.5) is 17.3 Å². The molecule has 19 heavy (non-hydrogen) atoms. The molecular formula is C11H17N5O3. The molecule has 0 saturated carbocycles. The zero-order valence-electron chi connectivity index (χ0n) is 10.5. The van der Waals surface area contributed by atoms with E-state index in [2.05, 4.69) is 9.97 Å². The van der Waals surface area contributed by atoms with Crippen LogP contribution in [0.25, 0.3) is 0 Å². The van der Waals surface area contributed by atoms with E-state index < -0.39 is 4.92 Å². The first kappa shape index (κ1) is 13.5. The number of aliphatic hydroxyl groups excluding tert-OH is 1. The van der Waals surface area contributed by atoms with E-state index in [4.69, 9.17) is 10.8 Å². The Morgan fingerprint density at radius 2 is 2.32 bits per heavy atom. The number of nitrogens with zero attached hydrogens (tertiary/aromatic N) is 4. The van der Waals surface area contributed by atoms with Crippen molar-refractivity contribution in [3.05, 3.63) is 16.4 Å². The summed E-state index contributed by atoms with van der Waals surface area (Å²) >= 11 is 0. The Hall–Kier alpha value is -1.96. The number of aromatic nitrogens is 2. The molecule has 1 aliphatic rings. The van der Waals surface area contributed by atoms with Crippen LogP contribution in [-0.4, -0.2) is 39.2 Å². The smallest absolute Gasteiger partial charge is 0.353 e. The fourth-order valence-corrected chi connectivity index (χ4v) is 2.50. The van der Waals surface area contributed by atoms with Crippen LogP contribution in [0, 0.1) is 10.1 Å². The average Bonchev–Trinajstić information content (AvgIpc) is 2.39. The molecule has 0 aromatic carbocycles. The van der Waals surface area contributed by atoms with E-state index in [0.29, 0.717) is 13.0 Å². The van der Waals surface area contributed by atoms with Crippen molar-refractivity contribution in [2.24, 2.45) is 0 Å². The maximum Gasteiger partial charge on any atom is 0.353 e. The number of aliphatic hydroxyl groups is 1. The van der Waals surface area contributed by atoms with Crippen molar-refractivity contribution in [3.63, 3.8) is 0 Å². The second-order valence-electron chi connectivity index (χ2n) is 4.54. The highest BCUT2D eigenvalue weighted by Gasteiger charge is 2.31. The molecule has 8 heteroatoms. The summed E-state index contributed by atoms with van der Waals surface area (Å²) in [5.41, 5.74) is 5.34. The molecule has 3 N–H and O–H groups in total. The molecule has 0 amide bonds. The predicted octanol–water partition coefficient (Wildman–Crippen LogP) is 0.708. The Morgan fingerprint density at radius 3 is 3.00 bits per heavy atom. The minimum atomic E-state index is -0.546. The first-order chi connectivity index (χ1) is 9.15. The zero-order chi connectivity index (χ0) is 13.8. The van der Waals surface area contributed by atoms with Crippen LogP contribution < -0.4 is 10.6 Å². The molecule has 8 nitrogen and oxygen atoms in total. The first-order valence-corrected chi connectivity index (χ1v) is 6.27. The molecule has 0 aliphatic carbocycles. The van der Waals surface area contributed by atoms with Crippen LogP contribution in [0.5, 0.6) is 0 Å². The Kier molecular flexibility index (Phi) is 4.10. The average molecular weight is 267 g/mol. The van der Waals surface area contributed by atoms with Crippen molar-refractivity contribution < 1.29 is 10.0 Å². The van der Waals surface area contributed by atoms with Gasteiger partial charge in [-0.1, -0.05) is 0 Å². The molecule has 1 aromatic heterocycles. The van der Waals surface area contributed by atoms with Gasteiger partial charge in [0.1, 0.15) is 6.33 Å². The van der Waals surface area contributed by atoms with Gasteiger partial charge in [-0.25, -0.2) is 9.97 Å². The maximum atomic E-state index is 11.1. The van der Waals surface area contributed by atoms with Gasteiger partial charge in [0, 0.05) is 19.2 Å². The first-order valence-electron chi connectivity index (χ1n) is 6.27. The van der Waals surface area contributed by atoms with Crippen molar-refractivity contribution >= 4 is 17.3 Å². The van der Waals surface area contributed by atoms with Crippen molar-refractivity contribution in [2.75, 3.05) is 23.8 Å². The lowest BCUT2D eigenvalue weighted by Crippen LogP contribution is -2.41. The second-order valence-corrected chi connectivity index (χ2v) is 4.54. The van der Waals surface area contributed by atoms with E-state index in [0.717, 1.165) is 19.3 Å². The van der Waals surface area contributed by atoms with E-state index in [-0.39, 0.29) is 30.0 Å². The van der Waals surface area contributed by atoms with Gasteiger partial charge in [0.15, 0.2) is 0 Å². The fraction of sp³-hybridized carbons (Fsp3) is 0.636. The van der Waals surface area contributed by atoms with Gasteiger partial charge in [-0.15, -0.1) is 0 Å². The molecule has 104 valence electrons. The molecule has 1 saturated heterocycles. The second kappa shape index (κ2) is 5.79. The third-order valence-corrected chi connectivity index (χ3v) is 3.38. The predicted molar refractivity (Wildman–Crippen MR) is 69.8 cm³/mol. The number of anilines is 2. The van der Waals surface area contributed by atoms with Crippen LogP contribution in [-0.2, 0) is 0 Å². The lowest BCUT2D eigenvalue weighted by atomic mass is 9.99. The molecule has 2 heterocycles. The van der Waals surface area contributed by atoms with E-state index in [1.807, 2.05) is 4.90 Å². The van der Waals surface area contributed by atoms with Crippen molar-refractivity contribution in [2.45, 2.75) is 31.7 Å². The largest absolute Gasteiger partial charge is 0.396 e. The number of piperidine rings is 1. The Balaban J connectivity index is 2.38. The monoisotopic (exact) mass is 267 g/mol. The standard InChI is InChI=1S/C11H17N5O3/c12-10-9(16(18)19)11(14-7-13-10)15-5-2-1-3-8(15)4-6-17/h7-8,17H,1-6H2,(H2,12,13,14). The Labute approximate surface area is 110 Å². The third kappa shape index (κ3) is 2.73. The number of nitrogens with two attached hydrogens (primary N) is 1. The summed E-state index contributed by atoms with van der Waals surface area (Å²) in [7, 11) is 0. The summed E-state index contributed by atoms with van der Waals surface area (Å²) in [5.74, 6) is 0.138. The molecule has 1 aliphatic heterocycles. The van der Waals surface area contributed by atoms with Crippen LogP contribution >= 0.6 is 0 Å². The highest BCUT2D eigenvalue weighted by atomic mass is 16.6. The van der Waals surface area contributed by atoms with Gasteiger partial charge in [0.05, 0.1) is 4.92 Å². The van der Waals surface area contributed by atoms with E-state index in [1.54, 1.807) is 0 Å². The van der Waals surface area contributed by atoms with E-state index >= 15 is 0 Å². The van der Waals surface area contributed by atoms with Crippen molar-refractivity contribution in [1.82, 2.24) is 9.97 Å². The molecule has 2 rings (SSSR count). The molecule has 1 atom stereocenters. The van der Waals surface area contributed by atoms with Crippen molar-refractivity contribution in [3.8, 4) is 0 Å². The lowest BCUT2D eigenvalue weighted by molar-refractivity contribution is -0.383. The van der Waals surface area contributed by atoms with Crippen LogP contribution in [0.1, 0.15) is 25.7 Å². The van der Waals surface area contributed by atoms with Crippen LogP contribution in [0.15, 0.2) is 6.33 Å². The lowest BCUT2D eigenvalue weighted by Gasteiger charge is -2.35. The molecular weight excluding hydrogens is 250 g/mol. The van der Waals surface area contributed by atoms with Gasteiger partial charge in [-0.3, -0.25) is 10.1 Å². The zero-order valence-corrected chi connectivity index (χ0v) is 10.5. The topological polar surface area (TPSA) is 118 Å². The quantitative estimate of drug-likeness (QED) is 0.609. The molecule has 1 fully saturated rings. The van der Waals surface area contributed by atoms with Gasteiger partial charge >= 0.3 is 5.69 Å². The summed E-state index contributed by atoms with van der Waals surface area (Å²) in [6.07, 6.45) is 4.70. The third-order valence-electron chi connectivity index (χ3n) is 3.38. The summed E-state index contributed by atoms with van der Waals surface area (Å²) < 4.78 is 0. The van der Waals surface area contributed by atoms with Gasteiger partial charge < -0.3 is 15.7 Å². The normalized spacial score (nSPS) is 19.4. The number of nitro groups is 1. The summed E-state index contributed by atoms with van der Waals surface area (Å²) in [4.78, 5) is 20.1. The highest BCUT2D eigenvalue weighted by molar-refractivity contribution is 5.68. The SMILES string of the molecule is Nc1ncnc(N2CCCCC2CCO)c1[N+](=O)[O-]. The number of hydrogen-bond donors (Lipinski definition) is 2. The summed E-state index contributed by atoms with van der Waals surface area (Å²) in [5, 5.41) is 20.2. The van der Waals surface area contributed by atoms with Gasteiger partial charge in [-0.05, 0) is 25.7 Å². The maximum absolute atomic E-state index is 11.1. The van der Waals surface area contributed by atoms with Gasteiger partial charge in [-0.2, -0.15) is 0 Å². The molecule has 0 radical (unpaired) electrons. The van der Waals surface area contributed by atoms with Crippen LogP contribution in [0.2, 0.25) is 0 Å². The summed E-state index contributed by atoms with van der Waals surface area (Å²) in [6.45, 7) is 0.734. The van der Waals surface area contributed by atoms with Crippen LogP contribution in [0.3, 0.4) is 0 Å². The Morgan fingerprint density at radius 1 is 1.53 bits per heavy atom. The molecule has 1 aromatic rings. The number of rotatable bonds is 4. The van der Waals surface area contributed by atoms with Gasteiger partial charge in [0.25, 0.3) is 0 Å². The molecule has 1 unspecified atom stereocenters. The number of hydrogen-bond acceptors (Lipinski definition) is 7. The minimum absolute atomic E-state index is 0.0511. The number of nitrogen functional groups attached to an aromatic ring is 1. The van der Waals surface area contributed by atoms with E-state index in [9.17, 15) is 10.1 Å². The molecule has 0 spiro atoms. The Bertz CT molecular complexity index is 466. The van der Waals surface area contributed by atoms with E-state index in [1.165, 1.54) is 6.33 Å². The highest BCUT2D eigenvalue weighted by Crippen LogP contribution is 2.34. The van der Waals surface area contributed by atoms with Gasteiger partial charge in [0.2, 0.25) is 11.6 Å². The summed E-state index contributed by atoms with van der Waals surface area (Å²) in [6, 6.07) is 0.0618.